The Balaban J connectivity index is 2.09. The van der Waals surface area contributed by atoms with Gasteiger partial charge >= 0.3 is 0 Å². The van der Waals surface area contributed by atoms with Crippen LogP contribution in [0.5, 0.6) is 11.6 Å². The van der Waals surface area contributed by atoms with Crippen LogP contribution in [0, 0.1) is 5.92 Å². The molecule has 1 aromatic heterocycles. The first-order valence-corrected chi connectivity index (χ1v) is 7.60. The number of rotatable bonds is 6. The third-order valence-electron chi connectivity index (χ3n) is 2.79. The molecule has 2 rings (SSSR count). The predicted molar refractivity (Wildman–Crippen MR) is 87.3 cm³/mol. The van der Waals surface area contributed by atoms with Gasteiger partial charge in [0.25, 0.3) is 0 Å². The molecule has 0 aliphatic rings. The van der Waals surface area contributed by atoms with Gasteiger partial charge in [0.15, 0.2) is 0 Å². The summed E-state index contributed by atoms with van der Waals surface area (Å²) < 4.78 is 5.70. The number of ether oxygens (including phenoxy) is 1. The van der Waals surface area contributed by atoms with Crippen molar-refractivity contribution in [2.75, 3.05) is 6.54 Å². The van der Waals surface area contributed by atoms with E-state index in [-0.39, 0.29) is 0 Å². The van der Waals surface area contributed by atoms with Crippen molar-refractivity contribution in [2.45, 2.75) is 20.4 Å². The quantitative estimate of drug-likeness (QED) is 0.818. The minimum absolute atomic E-state index is 0.480. The van der Waals surface area contributed by atoms with Crippen LogP contribution in [-0.4, -0.2) is 11.5 Å². The van der Waals surface area contributed by atoms with Gasteiger partial charge in [-0.2, -0.15) is 0 Å². The maximum Gasteiger partial charge on any atom is 0.219 e. The number of nitrogens with one attached hydrogen (secondary N) is 1. The van der Waals surface area contributed by atoms with Crippen molar-refractivity contribution in [3.8, 4) is 11.6 Å². The van der Waals surface area contributed by atoms with Crippen LogP contribution in [0.25, 0.3) is 0 Å². The molecular weight excluding hydrogens is 307 g/mol. The molecule has 21 heavy (non-hydrogen) atoms. The second kappa shape index (κ2) is 7.64. The lowest BCUT2D eigenvalue weighted by molar-refractivity contribution is 0.458. The summed E-state index contributed by atoms with van der Waals surface area (Å²) in [5.41, 5.74) is 0.766. The van der Waals surface area contributed by atoms with E-state index in [0.29, 0.717) is 34.1 Å². The normalized spacial score (nSPS) is 10.9. The Morgan fingerprint density at radius 3 is 2.57 bits per heavy atom. The largest absolute Gasteiger partial charge is 0.437 e. The zero-order valence-electron chi connectivity index (χ0n) is 12.1. The van der Waals surface area contributed by atoms with E-state index in [1.54, 1.807) is 24.3 Å². The molecule has 0 amide bonds. The molecule has 1 heterocycles. The van der Waals surface area contributed by atoms with E-state index in [4.69, 9.17) is 27.9 Å². The smallest absolute Gasteiger partial charge is 0.219 e. The maximum absolute atomic E-state index is 6.16. The van der Waals surface area contributed by atoms with Crippen molar-refractivity contribution in [1.82, 2.24) is 10.3 Å². The zero-order valence-corrected chi connectivity index (χ0v) is 13.6. The van der Waals surface area contributed by atoms with E-state index in [2.05, 4.69) is 24.1 Å². The van der Waals surface area contributed by atoms with E-state index < -0.39 is 0 Å². The van der Waals surface area contributed by atoms with Crippen molar-refractivity contribution in [2.24, 2.45) is 5.92 Å². The van der Waals surface area contributed by atoms with Crippen molar-refractivity contribution in [1.29, 1.82) is 0 Å². The third kappa shape index (κ3) is 4.88. The van der Waals surface area contributed by atoms with Gasteiger partial charge in [-0.25, -0.2) is 4.98 Å². The lowest BCUT2D eigenvalue weighted by Gasteiger charge is -2.11. The number of hydrogen-bond donors (Lipinski definition) is 1. The zero-order chi connectivity index (χ0) is 15.2. The van der Waals surface area contributed by atoms with Gasteiger partial charge in [0.1, 0.15) is 5.75 Å². The fourth-order valence-corrected chi connectivity index (χ4v) is 2.11. The monoisotopic (exact) mass is 324 g/mol. The molecule has 5 heteroatoms. The molecule has 0 spiro atoms. The van der Waals surface area contributed by atoms with E-state index in [1.807, 2.05) is 12.1 Å². The summed E-state index contributed by atoms with van der Waals surface area (Å²) in [6.45, 7) is 5.82. The number of aromatic nitrogens is 1. The Labute approximate surface area is 135 Å². The molecule has 0 aliphatic heterocycles. The van der Waals surface area contributed by atoms with E-state index in [9.17, 15) is 0 Å². The molecule has 0 bridgehead atoms. The van der Waals surface area contributed by atoms with Crippen LogP contribution in [0.4, 0.5) is 0 Å². The van der Waals surface area contributed by atoms with E-state index >= 15 is 0 Å². The molecule has 1 aromatic carbocycles. The van der Waals surface area contributed by atoms with Gasteiger partial charge in [-0.1, -0.05) is 49.2 Å². The molecule has 0 fully saturated rings. The molecule has 0 saturated carbocycles. The van der Waals surface area contributed by atoms with E-state index in [1.165, 1.54) is 0 Å². The number of pyridine rings is 1. The Morgan fingerprint density at radius 1 is 1.10 bits per heavy atom. The standard InChI is InChI=1S/C16H18Cl2N2O/c1-11(2)9-19-10-14-12(17)7-8-16(20-14)21-15-6-4-3-5-13(15)18/h3-8,11,19H,9-10H2,1-2H3. The third-order valence-corrected chi connectivity index (χ3v) is 3.45. The number of para-hydroxylation sites is 1. The van der Waals surface area contributed by atoms with Crippen LogP contribution in [0.1, 0.15) is 19.5 Å². The molecule has 112 valence electrons. The minimum Gasteiger partial charge on any atom is -0.437 e. The highest BCUT2D eigenvalue weighted by Crippen LogP contribution is 2.28. The first-order chi connectivity index (χ1) is 10.1. The average molecular weight is 325 g/mol. The Hall–Kier alpha value is -1.29. The molecule has 0 aliphatic carbocycles. The maximum atomic E-state index is 6.16. The Kier molecular flexibility index (Phi) is 5.85. The van der Waals surface area contributed by atoms with E-state index in [0.717, 1.165) is 12.2 Å². The lowest BCUT2D eigenvalue weighted by atomic mass is 10.2. The Morgan fingerprint density at radius 2 is 1.86 bits per heavy atom. The van der Waals surface area contributed by atoms with Crippen LogP contribution >= 0.6 is 23.2 Å². The molecule has 2 aromatic rings. The molecule has 1 N–H and O–H groups in total. The fourth-order valence-electron chi connectivity index (χ4n) is 1.76. The summed E-state index contributed by atoms with van der Waals surface area (Å²) in [5.74, 6) is 1.63. The van der Waals surface area contributed by atoms with Crippen LogP contribution in [0.2, 0.25) is 10.0 Å². The second-order valence-corrected chi connectivity index (χ2v) is 5.95. The van der Waals surface area contributed by atoms with Crippen molar-refractivity contribution in [3.63, 3.8) is 0 Å². The Bertz CT molecular complexity index is 603. The summed E-state index contributed by atoms with van der Waals surface area (Å²) in [6, 6.07) is 10.8. The molecule has 0 atom stereocenters. The number of benzene rings is 1. The second-order valence-electron chi connectivity index (χ2n) is 5.14. The highest BCUT2D eigenvalue weighted by atomic mass is 35.5. The van der Waals surface area contributed by atoms with Crippen molar-refractivity contribution < 1.29 is 4.74 Å². The highest BCUT2D eigenvalue weighted by molar-refractivity contribution is 6.32. The van der Waals surface area contributed by atoms with Crippen LogP contribution < -0.4 is 10.1 Å². The number of nitrogens with zero attached hydrogens (tertiary/aromatic N) is 1. The summed E-state index contributed by atoms with van der Waals surface area (Å²) in [6.07, 6.45) is 0. The molecule has 0 radical (unpaired) electrons. The first-order valence-electron chi connectivity index (χ1n) is 6.85. The van der Waals surface area contributed by atoms with Gasteiger partial charge in [0.2, 0.25) is 5.88 Å². The van der Waals surface area contributed by atoms with Crippen LogP contribution in [0.3, 0.4) is 0 Å². The molecular formula is C16H18Cl2N2O. The van der Waals surface area contributed by atoms with Gasteiger partial charge in [-0.15, -0.1) is 0 Å². The van der Waals surface area contributed by atoms with Crippen LogP contribution in [-0.2, 0) is 6.54 Å². The molecule has 0 unspecified atom stereocenters. The predicted octanol–water partition coefficient (Wildman–Crippen LogP) is 4.93. The van der Waals surface area contributed by atoms with Crippen molar-refractivity contribution in [3.05, 3.63) is 52.1 Å². The number of halogens is 2. The van der Waals surface area contributed by atoms with Gasteiger partial charge < -0.3 is 10.1 Å². The lowest BCUT2D eigenvalue weighted by Crippen LogP contribution is -2.19. The SMILES string of the molecule is CC(C)CNCc1nc(Oc2ccccc2Cl)ccc1Cl. The summed E-state index contributed by atoms with van der Waals surface area (Å²) in [4.78, 5) is 4.43. The fraction of sp³-hybridized carbons (Fsp3) is 0.312. The average Bonchev–Trinajstić information content (AvgIpc) is 2.44. The molecule has 0 saturated heterocycles. The highest BCUT2D eigenvalue weighted by Gasteiger charge is 2.07. The topological polar surface area (TPSA) is 34.2 Å². The minimum atomic E-state index is 0.480. The first kappa shape index (κ1) is 16.1. The van der Waals surface area contributed by atoms with Gasteiger partial charge in [0.05, 0.1) is 15.7 Å². The van der Waals surface area contributed by atoms with Crippen LogP contribution in [0.15, 0.2) is 36.4 Å². The van der Waals surface area contributed by atoms with Gasteiger partial charge in [-0.3, -0.25) is 0 Å². The number of hydrogen-bond acceptors (Lipinski definition) is 3. The molecule has 3 nitrogen and oxygen atoms in total. The summed E-state index contributed by atoms with van der Waals surface area (Å²) in [7, 11) is 0. The summed E-state index contributed by atoms with van der Waals surface area (Å²) in [5, 5.41) is 4.49. The summed E-state index contributed by atoms with van der Waals surface area (Å²) >= 11 is 12.2. The van der Waals surface area contributed by atoms with Crippen molar-refractivity contribution >= 4 is 23.2 Å². The van der Waals surface area contributed by atoms with Gasteiger partial charge in [0, 0.05) is 12.6 Å². The van der Waals surface area contributed by atoms with Gasteiger partial charge in [-0.05, 0) is 30.7 Å².